The van der Waals surface area contributed by atoms with Crippen molar-refractivity contribution < 1.29 is 14.3 Å². The summed E-state index contributed by atoms with van der Waals surface area (Å²) in [7, 11) is 0. The minimum absolute atomic E-state index is 0.272. The first-order valence-corrected chi connectivity index (χ1v) is 7.49. The van der Waals surface area contributed by atoms with Crippen molar-refractivity contribution in [2.45, 2.75) is 18.9 Å². The molecule has 1 aliphatic rings. The number of hydrogen-bond acceptors (Lipinski definition) is 3. The predicted octanol–water partition coefficient (Wildman–Crippen LogP) is 3.48. The molecule has 0 spiro atoms. The third kappa shape index (κ3) is 3.58. The van der Waals surface area contributed by atoms with Crippen molar-refractivity contribution in [2.75, 3.05) is 13.2 Å². The van der Waals surface area contributed by atoms with Crippen LogP contribution in [0, 0.1) is 0 Å². The van der Waals surface area contributed by atoms with Gasteiger partial charge in [0.15, 0.2) is 0 Å². The van der Waals surface area contributed by atoms with E-state index in [0.717, 1.165) is 23.3 Å². The second kappa shape index (κ2) is 6.98. The fraction of sp³-hybridized carbons (Fsp3) is 0.278. The Labute approximate surface area is 130 Å². The van der Waals surface area contributed by atoms with Crippen LogP contribution in [0.25, 0.3) is 0 Å². The summed E-state index contributed by atoms with van der Waals surface area (Å²) in [6.07, 6.45) is 0.517. The molecule has 0 aliphatic carbocycles. The van der Waals surface area contributed by atoms with E-state index in [2.05, 4.69) is 11.4 Å². The van der Waals surface area contributed by atoms with Gasteiger partial charge in [-0.15, -0.1) is 0 Å². The molecule has 0 fully saturated rings. The predicted molar refractivity (Wildman–Crippen MR) is 83.9 cm³/mol. The molecule has 1 N–H and O–H groups in total. The molecule has 1 atom stereocenters. The molecule has 1 amide bonds. The Hall–Kier alpha value is -2.49. The van der Waals surface area contributed by atoms with E-state index in [9.17, 15) is 4.79 Å². The van der Waals surface area contributed by atoms with Gasteiger partial charge in [-0.2, -0.15) is 0 Å². The molecule has 2 aromatic rings. The number of rotatable bonds is 4. The Bertz CT molecular complexity index is 627. The molecule has 4 nitrogen and oxygen atoms in total. The topological polar surface area (TPSA) is 47.6 Å². The third-order valence-corrected chi connectivity index (χ3v) is 3.79. The van der Waals surface area contributed by atoms with Crippen LogP contribution in [0.15, 0.2) is 54.6 Å². The zero-order valence-corrected chi connectivity index (χ0v) is 12.3. The van der Waals surface area contributed by atoms with Crippen LogP contribution in [0.3, 0.4) is 0 Å². The van der Waals surface area contributed by atoms with Crippen molar-refractivity contribution in [3.05, 3.63) is 65.7 Å². The van der Waals surface area contributed by atoms with E-state index >= 15 is 0 Å². The molecular formula is C18H19NO3. The van der Waals surface area contributed by atoms with Crippen molar-refractivity contribution in [1.29, 1.82) is 0 Å². The van der Waals surface area contributed by atoms with E-state index in [0.29, 0.717) is 13.2 Å². The van der Waals surface area contributed by atoms with Crippen LogP contribution < -0.4 is 10.1 Å². The molecule has 2 aromatic carbocycles. The number of benzene rings is 2. The molecule has 0 saturated heterocycles. The molecule has 0 saturated carbocycles. The lowest BCUT2D eigenvalue weighted by Gasteiger charge is -2.25. The standard InChI is InChI=1S/C18H19NO3/c20-18(22-13-14-6-2-1-3-7-14)19-12-15-10-11-21-17-9-5-4-8-16(15)17/h1-9,15H,10-13H2,(H,19,20). The highest BCUT2D eigenvalue weighted by Gasteiger charge is 2.21. The quantitative estimate of drug-likeness (QED) is 0.940. The van der Waals surface area contributed by atoms with Crippen molar-refractivity contribution in [3.63, 3.8) is 0 Å². The zero-order valence-electron chi connectivity index (χ0n) is 12.3. The van der Waals surface area contributed by atoms with Gasteiger partial charge in [0.1, 0.15) is 12.4 Å². The Morgan fingerprint density at radius 1 is 1.14 bits per heavy atom. The van der Waals surface area contributed by atoms with E-state index in [4.69, 9.17) is 9.47 Å². The Morgan fingerprint density at radius 3 is 2.77 bits per heavy atom. The summed E-state index contributed by atoms with van der Waals surface area (Å²) >= 11 is 0. The normalized spacial score (nSPS) is 16.3. The first-order valence-electron chi connectivity index (χ1n) is 7.49. The van der Waals surface area contributed by atoms with Gasteiger partial charge >= 0.3 is 6.09 Å². The van der Waals surface area contributed by atoms with Gasteiger partial charge in [-0.25, -0.2) is 4.79 Å². The number of carbonyl (C=O) groups excluding carboxylic acids is 1. The third-order valence-electron chi connectivity index (χ3n) is 3.79. The first-order chi connectivity index (χ1) is 10.8. The summed E-state index contributed by atoms with van der Waals surface area (Å²) < 4.78 is 10.8. The Morgan fingerprint density at radius 2 is 1.91 bits per heavy atom. The smallest absolute Gasteiger partial charge is 0.407 e. The van der Waals surface area contributed by atoms with Crippen LogP contribution in [0.5, 0.6) is 5.75 Å². The summed E-state index contributed by atoms with van der Waals surface area (Å²) in [5.74, 6) is 1.19. The molecule has 114 valence electrons. The number of nitrogens with one attached hydrogen (secondary N) is 1. The zero-order chi connectivity index (χ0) is 15.2. The van der Waals surface area contributed by atoms with E-state index in [1.165, 1.54) is 0 Å². The number of para-hydroxylation sites is 1. The minimum Gasteiger partial charge on any atom is -0.493 e. The highest BCUT2D eigenvalue weighted by Crippen LogP contribution is 2.32. The van der Waals surface area contributed by atoms with Crippen LogP contribution >= 0.6 is 0 Å². The fourth-order valence-electron chi connectivity index (χ4n) is 2.61. The van der Waals surface area contributed by atoms with Gasteiger partial charge in [-0.05, 0) is 23.6 Å². The second-order valence-corrected chi connectivity index (χ2v) is 5.31. The highest BCUT2D eigenvalue weighted by molar-refractivity contribution is 5.67. The van der Waals surface area contributed by atoms with Gasteiger partial charge in [0.2, 0.25) is 0 Å². The number of ether oxygens (including phenoxy) is 2. The molecule has 0 aromatic heterocycles. The molecule has 0 bridgehead atoms. The number of alkyl carbamates (subject to hydrolysis) is 1. The molecule has 3 rings (SSSR count). The maximum Gasteiger partial charge on any atom is 0.407 e. The van der Waals surface area contributed by atoms with Gasteiger partial charge in [0.25, 0.3) is 0 Å². The van der Waals surface area contributed by atoms with Crippen molar-refractivity contribution in [1.82, 2.24) is 5.32 Å². The average Bonchev–Trinajstić information content (AvgIpc) is 2.59. The largest absolute Gasteiger partial charge is 0.493 e. The van der Waals surface area contributed by atoms with Gasteiger partial charge in [-0.3, -0.25) is 0 Å². The monoisotopic (exact) mass is 297 g/mol. The fourth-order valence-corrected chi connectivity index (χ4v) is 2.61. The minimum atomic E-state index is -0.382. The maximum atomic E-state index is 11.8. The highest BCUT2D eigenvalue weighted by atomic mass is 16.5. The van der Waals surface area contributed by atoms with E-state index < -0.39 is 0 Å². The Balaban J connectivity index is 1.50. The van der Waals surface area contributed by atoms with Crippen molar-refractivity contribution in [2.24, 2.45) is 0 Å². The lowest BCUT2D eigenvalue weighted by atomic mass is 9.93. The Kier molecular flexibility index (Phi) is 4.59. The van der Waals surface area contributed by atoms with Crippen LogP contribution in [0.2, 0.25) is 0 Å². The van der Waals surface area contributed by atoms with Gasteiger partial charge < -0.3 is 14.8 Å². The first kappa shape index (κ1) is 14.4. The molecule has 1 heterocycles. The maximum absolute atomic E-state index is 11.8. The van der Waals surface area contributed by atoms with E-state index in [1.807, 2.05) is 48.5 Å². The summed E-state index contributed by atoms with van der Waals surface area (Å²) in [5, 5.41) is 2.85. The molecule has 1 aliphatic heterocycles. The summed E-state index contributed by atoms with van der Waals surface area (Å²) in [6.45, 7) is 1.54. The number of fused-ring (bicyclic) bond motifs is 1. The summed E-state index contributed by atoms with van der Waals surface area (Å²) in [4.78, 5) is 11.8. The molecule has 4 heteroatoms. The number of carbonyl (C=O) groups is 1. The van der Waals surface area contributed by atoms with Gasteiger partial charge in [0, 0.05) is 12.5 Å². The molecule has 22 heavy (non-hydrogen) atoms. The second-order valence-electron chi connectivity index (χ2n) is 5.31. The molecular weight excluding hydrogens is 278 g/mol. The van der Waals surface area contributed by atoms with Gasteiger partial charge in [0.05, 0.1) is 6.61 Å². The SMILES string of the molecule is O=C(NCC1CCOc2ccccc21)OCc1ccccc1. The summed E-state index contributed by atoms with van der Waals surface area (Å²) in [5.41, 5.74) is 2.13. The van der Waals surface area contributed by atoms with Crippen LogP contribution in [-0.2, 0) is 11.3 Å². The number of hydrogen-bond donors (Lipinski definition) is 1. The van der Waals surface area contributed by atoms with Crippen molar-refractivity contribution >= 4 is 6.09 Å². The lowest BCUT2D eigenvalue weighted by molar-refractivity contribution is 0.138. The van der Waals surface area contributed by atoms with Gasteiger partial charge in [-0.1, -0.05) is 48.5 Å². The van der Waals surface area contributed by atoms with E-state index in [-0.39, 0.29) is 18.6 Å². The van der Waals surface area contributed by atoms with E-state index in [1.54, 1.807) is 0 Å². The summed E-state index contributed by atoms with van der Waals surface area (Å²) in [6, 6.07) is 17.6. The molecule has 1 unspecified atom stereocenters. The van der Waals surface area contributed by atoms with Crippen LogP contribution in [-0.4, -0.2) is 19.2 Å². The van der Waals surface area contributed by atoms with Crippen molar-refractivity contribution in [3.8, 4) is 5.75 Å². The lowest BCUT2D eigenvalue weighted by Crippen LogP contribution is -2.31. The van der Waals surface area contributed by atoms with Crippen LogP contribution in [0.1, 0.15) is 23.5 Å². The number of amides is 1. The average molecular weight is 297 g/mol. The molecule has 0 radical (unpaired) electrons. The van der Waals surface area contributed by atoms with Crippen LogP contribution in [0.4, 0.5) is 4.79 Å².